The Balaban J connectivity index is 1.51. The molecule has 6 nitrogen and oxygen atoms in total. The van der Waals surface area contributed by atoms with Crippen molar-refractivity contribution in [3.63, 3.8) is 0 Å². The van der Waals surface area contributed by atoms with Gasteiger partial charge in [0.25, 0.3) is 0 Å². The number of carbonyl (C=O) groups is 1. The minimum atomic E-state index is 0.0843. The van der Waals surface area contributed by atoms with Crippen molar-refractivity contribution in [2.24, 2.45) is 11.8 Å². The molecule has 1 aliphatic carbocycles. The van der Waals surface area contributed by atoms with Crippen LogP contribution in [0.3, 0.4) is 0 Å². The van der Waals surface area contributed by atoms with Gasteiger partial charge in [-0.25, -0.2) is 0 Å². The Morgan fingerprint density at radius 2 is 1.93 bits per heavy atom. The molecule has 1 fully saturated rings. The second-order valence-corrected chi connectivity index (χ2v) is 8.46. The predicted octanol–water partition coefficient (Wildman–Crippen LogP) is 3.37. The molecule has 1 N–H and O–H groups in total. The van der Waals surface area contributed by atoms with Gasteiger partial charge in [-0.1, -0.05) is 11.3 Å². The molecule has 2 aromatic heterocycles. The van der Waals surface area contributed by atoms with Crippen LogP contribution in [0.4, 0.5) is 0 Å². The largest absolute Gasteiger partial charge is 0.396 e. The van der Waals surface area contributed by atoms with E-state index < -0.39 is 0 Å². The summed E-state index contributed by atoms with van der Waals surface area (Å²) in [4.78, 5) is 12.6. The van der Waals surface area contributed by atoms with Gasteiger partial charge in [0.1, 0.15) is 15.8 Å². The molecule has 0 aliphatic heterocycles. The SMILES string of the molecule is Cc1nnc(-c2ccc3nnc(CC(=O)C4CCC(CO)CC4)cc3c2)s1. The molecular weight excluding hydrogens is 360 g/mol. The minimum Gasteiger partial charge on any atom is -0.396 e. The summed E-state index contributed by atoms with van der Waals surface area (Å²) in [5.74, 6) is 0.675. The number of aliphatic hydroxyl groups is 1. The van der Waals surface area contributed by atoms with Gasteiger partial charge in [0.15, 0.2) is 0 Å². The maximum Gasteiger partial charge on any atom is 0.147 e. The van der Waals surface area contributed by atoms with Gasteiger partial charge in [-0.2, -0.15) is 10.2 Å². The summed E-state index contributed by atoms with van der Waals surface area (Å²) >= 11 is 1.55. The first kappa shape index (κ1) is 18.1. The lowest BCUT2D eigenvalue weighted by Crippen LogP contribution is -2.24. The number of ketones is 1. The van der Waals surface area contributed by atoms with Crippen LogP contribution in [0.5, 0.6) is 0 Å². The third kappa shape index (κ3) is 4.04. The summed E-state index contributed by atoms with van der Waals surface area (Å²) in [7, 11) is 0. The van der Waals surface area contributed by atoms with Crippen molar-refractivity contribution < 1.29 is 9.90 Å². The molecule has 1 aromatic carbocycles. The molecule has 140 valence electrons. The molecule has 0 amide bonds. The van der Waals surface area contributed by atoms with Crippen LogP contribution >= 0.6 is 11.3 Å². The molecule has 4 rings (SSSR count). The van der Waals surface area contributed by atoms with Crippen LogP contribution in [0.15, 0.2) is 24.3 Å². The zero-order chi connectivity index (χ0) is 18.8. The number of benzene rings is 1. The third-order valence-corrected chi connectivity index (χ3v) is 6.21. The molecule has 3 aromatic rings. The lowest BCUT2D eigenvalue weighted by molar-refractivity contribution is -0.123. The number of hydrogen-bond donors (Lipinski definition) is 1. The van der Waals surface area contributed by atoms with Crippen molar-refractivity contribution in [1.29, 1.82) is 0 Å². The van der Waals surface area contributed by atoms with Gasteiger partial charge in [0, 0.05) is 23.5 Å². The Hall–Kier alpha value is -2.25. The summed E-state index contributed by atoms with van der Waals surface area (Å²) in [5.41, 5.74) is 2.52. The van der Waals surface area contributed by atoms with Gasteiger partial charge in [-0.15, -0.1) is 10.2 Å². The number of rotatable bonds is 5. The van der Waals surface area contributed by atoms with Crippen molar-refractivity contribution in [1.82, 2.24) is 20.4 Å². The number of nitrogens with zero attached hydrogens (tertiary/aromatic N) is 4. The number of hydrogen-bond acceptors (Lipinski definition) is 7. The van der Waals surface area contributed by atoms with Crippen LogP contribution in [0.25, 0.3) is 21.5 Å². The standard InChI is InChI=1S/C20H22N4O2S/c1-12-21-24-20(27-12)15-6-7-18-16(8-15)9-17(22-23-18)10-19(26)14-4-2-13(11-25)3-5-14/h6-9,13-14,25H,2-5,10-11H2,1H3. The number of Topliss-reactive ketones (excluding diaryl/α,β-unsaturated/α-hetero) is 1. The summed E-state index contributed by atoms with van der Waals surface area (Å²) in [6.45, 7) is 2.17. The topological polar surface area (TPSA) is 88.9 Å². The van der Waals surface area contributed by atoms with E-state index in [9.17, 15) is 9.90 Å². The Kier molecular flexibility index (Phi) is 5.22. The second kappa shape index (κ2) is 7.78. The zero-order valence-corrected chi connectivity index (χ0v) is 16.1. The highest BCUT2D eigenvalue weighted by molar-refractivity contribution is 7.14. The van der Waals surface area contributed by atoms with Gasteiger partial charge in [-0.3, -0.25) is 4.79 Å². The van der Waals surface area contributed by atoms with Crippen molar-refractivity contribution in [3.8, 4) is 10.6 Å². The second-order valence-electron chi connectivity index (χ2n) is 7.28. The predicted molar refractivity (Wildman–Crippen MR) is 104 cm³/mol. The first-order valence-corrected chi connectivity index (χ1v) is 10.1. The van der Waals surface area contributed by atoms with Gasteiger partial charge in [0.2, 0.25) is 0 Å². The molecule has 0 atom stereocenters. The van der Waals surface area contributed by atoms with E-state index in [1.165, 1.54) is 0 Å². The highest BCUT2D eigenvalue weighted by atomic mass is 32.1. The fraction of sp³-hybridized carbons (Fsp3) is 0.450. The first-order chi connectivity index (χ1) is 13.1. The smallest absolute Gasteiger partial charge is 0.147 e. The van der Waals surface area contributed by atoms with E-state index in [4.69, 9.17) is 0 Å². The fourth-order valence-electron chi connectivity index (χ4n) is 3.71. The molecule has 0 radical (unpaired) electrons. The Morgan fingerprint density at radius 1 is 1.11 bits per heavy atom. The third-order valence-electron chi connectivity index (χ3n) is 5.32. The lowest BCUT2D eigenvalue weighted by Gasteiger charge is -2.26. The fourth-order valence-corrected chi connectivity index (χ4v) is 4.40. The van der Waals surface area contributed by atoms with Crippen LogP contribution < -0.4 is 0 Å². The van der Waals surface area contributed by atoms with Crippen molar-refractivity contribution >= 4 is 28.0 Å². The van der Waals surface area contributed by atoms with E-state index in [0.29, 0.717) is 18.0 Å². The molecule has 0 unspecified atom stereocenters. The van der Waals surface area contributed by atoms with Gasteiger partial charge in [-0.05, 0) is 62.8 Å². The molecule has 0 bridgehead atoms. The first-order valence-electron chi connectivity index (χ1n) is 9.33. The molecule has 2 heterocycles. The highest BCUT2D eigenvalue weighted by Gasteiger charge is 2.26. The average molecular weight is 382 g/mol. The quantitative estimate of drug-likeness (QED) is 0.728. The minimum absolute atomic E-state index is 0.0843. The molecule has 1 saturated carbocycles. The molecule has 0 spiro atoms. The summed E-state index contributed by atoms with van der Waals surface area (Å²) in [6.07, 6.45) is 3.92. The van der Waals surface area contributed by atoms with Crippen LogP contribution in [-0.4, -0.2) is 37.9 Å². The molecular formula is C20H22N4O2S. The van der Waals surface area contributed by atoms with Gasteiger partial charge in [0.05, 0.1) is 17.6 Å². The Morgan fingerprint density at radius 3 is 2.63 bits per heavy atom. The maximum absolute atomic E-state index is 12.6. The number of fused-ring (bicyclic) bond motifs is 1. The van der Waals surface area contributed by atoms with E-state index in [1.807, 2.05) is 31.2 Å². The molecule has 27 heavy (non-hydrogen) atoms. The lowest BCUT2D eigenvalue weighted by atomic mass is 9.79. The van der Waals surface area contributed by atoms with E-state index in [-0.39, 0.29) is 18.3 Å². The van der Waals surface area contributed by atoms with E-state index in [2.05, 4.69) is 20.4 Å². The number of aromatic nitrogens is 4. The summed E-state index contributed by atoms with van der Waals surface area (Å²) < 4.78 is 0. The van der Waals surface area contributed by atoms with Crippen molar-refractivity contribution in [3.05, 3.63) is 35.0 Å². The highest BCUT2D eigenvalue weighted by Crippen LogP contribution is 2.30. The van der Waals surface area contributed by atoms with E-state index >= 15 is 0 Å². The van der Waals surface area contributed by atoms with E-state index in [0.717, 1.165) is 52.2 Å². The number of aliphatic hydroxyl groups excluding tert-OH is 1. The maximum atomic E-state index is 12.6. The zero-order valence-electron chi connectivity index (χ0n) is 15.3. The average Bonchev–Trinajstić information content (AvgIpc) is 3.14. The van der Waals surface area contributed by atoms with Crippen LogP contribution in [0.2, 0.25) is 0 Å². The summed E-state index contributed by atoms with van der Waals surface area (Å²) in [6, 6.07) is 7.89. The Bertz CT molecular complexity index is 964. The number of carbonyl (C=O) groups excluding carboxylic acids is 1. The molecule has 1 aliphatic rings. The normalized spacial score (nSPS) is 20.1. The van der Waals surface area contributed by atoms with Crippen LogP contribution in [0.1, 0.15) is 36.4 Å². The molecule has 7 heteroatoms. The van der Waals surface area contributed by atoms with Gasteiger partial charge < -0.3 is 5.11 Å². The van der Waals surface area contributed by atoms with Crippen molar-refractivity contribution in [2.45, 2.75) is 39.0 Å². The van der Waals surface area contributed by atoms with E-state index in [1.54, 1.807) is 11.3 Å². The Labute approximate surface area is 161 Å². The van der Waals surface area contributed by atoms with Crippen molar-refractivity contribution in [2.75, 3.05) is 6.61 Å². The van der Waals surface area contributed by atoms with Crippen LogP contribution in [-0.2, 0) is 11.2 Å². The number of aryl methyl sites for hydroxylation is 1. The van der Waals surface area contributed by atoms with Crippen LogP contribution in [0, 0.1) is 18.8 Å². The molecule has 0 saturated heterocycles. The summed E-state index contributed by atoms with van der Waals surface area (Å²) in [5, 5.41) is 28.8. The van der Waals surface area contributed by atoms with Gasteiger partial charge >= 0.3 is 0 Å². The monoisotopic (exact) mass is 382 g/mol.